The fourth-order valence-corrected chi connectivity index (χ4v) is 1.92. The van der Waals surface area contributed by atoms with Crippen LogP contribution in [-0.2, 0) is 0 Å². The van der Waals surface area contributed by atoms with Gasteiger partial charge in [-0.1, -0.05) is 0 Å². The normalized spacial score (nSPS) is 19.2. The number of carbonyl (C=O) groups is 1. The third-order valence-corrected chi connectivity index (χ3v) is 2.91. The average Bonchev–Trinajstić information content (AvgIpc) is 2.84. The zero-order valence-electron chi connectivity index (χ0n) is 9.38. The van der Waals surface area contributed by atoms with Gasteiger partial charge in [-0.25, -0.2) is 0 Å². The summed E-state index contributed by atoms with van der Waals surface area (Å²) in [5, 5.41) is 6.25. The number of carbonyl (C=O) groups excluding carboxylic acids is 1. The van der Waals surface area contributed by atoms with Crippen LogP contribution in [0.2, 0.25) is 0 Å². The highest BCUT2D eigenvalue weighted by atomic mass is 35.5. The van der Waals surface area contributed by atoms with Gasteiger partial charge in [0, 0.05) is 18.4 Å². The third-order valence-electron chi connectivity index (χ3n) is 2.91. The summed E-state index contributed by atoms with van der Waals surface area (Å²) in [4.78, 5) is 14.7. The van der Waals surface area contributed by atoms with E-state index in [9.17, 15) is 4.79 Å². The molecule has 1 aliphatic heterocycles. The number of aryl methyl sites for hydroxylation is 1. The van der Waals surface area contributed by atoms with Crippen LogP contribution >= 0.6 is 12.4 Å². The van der Waals surface area contributed by atoms with E-state index >= 15 is 0 Å². The molecule has 1 saturated heterocycles. The first-order chi connectivity index (χ1) is 7.27. The van der Waals surface area contributed by atoms with Crippen molar-refractivity contribution in [3.05, 3.63) is 23.5 Å². The maximum Gasteiger partial charge on any atom is 0.253 e. The van der Waals surface area contributed by atoms with Crippen LogP contribution in [0.4, 0.5) is 0 Å². The molecule has 2 heterocycles. The lowest BCUT2D eigenvalue weighted by Crippen LogP contribution is -2.30. The number of halogens is 1. The second kappa shape index (κ2) is 5.92. The molecule has 0 aromatic carbocycles. The molecule has 4 nitrogen and oxygen atoms in total. The first kappa shape index (κ1) is 13.1. The Labute approximate surface area is 102 Å². The fraction of sp³-hybridized carbons (Fsp3) is 0.545. The molecule has 0 spiro atoms. The van der Waals surface area contributed by atoms with Crippen LogP contribution in [0.15, 0.2) is 12.3 Å². The molecule has 1 aromatic heterocycles. The highest BCUT2D eigenvalue weighted by Gasteiger charge is 2.16. The van der Waals surface area contributed by atoms with Crippen LogP contribution in [0.3, 0.4) is 0 Å². The molecule has 0 radical (unpaired) electrons. The standard InChI is InChI=1S/C11H17N3O.ClH/c1-8-10(3-5-13-8)11(15)14-7-9-2-4-12-6-9;/h3,5,9,12-13H,2,4,6-7H2,1H3,(H,14,15);1H. The summed E-state index contributed by atoms with van der Waals surface area (Å²) in [5.41, 5.74) is 1.68. The van der Waals surface area contributed by atoms with Crippen LogP contribution in [0.1, 0.15) is 22.5 Å². The Hall–Kier alpha value is -1.00. The Morgan fingerprint density at radius 3 is 3.00 bits per heavy atom. The topological polar surface area (TPSA) is 56.9 Å². The molecule has 1 atom stereocenters. The Kier molecular flexibility index (Phi) is 4.83. The molecule has 0 bridgehead atoms. The summed E-state index contributed by atoms with van der Waals surface area (Å²) in [6.07, 6.45) is 2.95. The molecule has 1 aliphatic rings. The van der Waals surface area contributed by atoms with Gasteiger partial charge in [-0.3, -0.25) is 4.79 Å². The van der Waals surface area contributed by atoms with Gasteiger partial charge in [-0.05, 0) is 38.4 Å². The van der Waals surface area contributed by atoms with E-state index in [1.807, 2.05) is 13.0 Å². The van der Waals surface area contributed by atoms with E-state index in [0.717, 1.165) is 37.3 Å². The number of rotatable bonds is 3. The second-order valence-corrected chi connectivity index (χ2v) is 4.09. The van der Waals surface area contributed by atoms with Crippen molar-refractivity contribution in [1.82, 2.24) is 15.6 Å². The lowest BCUT2D eigenvalue weighted by Gasteiger charge is -2.09. The second-order valence-electron chi connectivity index (χ2n) is 4.09. The molecule has 0 saturated carbocycles. The molecule has 2 rings (SSSR count). The monoisotopic (exact) mass is 243 g/mol. The van der Waals surface area contributed by atoms with Crippen LogP contribution in [-0.4, -0.2) is 30.5 Å². The maximum atomic E-state index is 11.7. The largest absolute Gasteiger partial charge is 0.365 e. The SMILES string of the molecule is Cc1[nH]ccc1C(=O)NCC1CCNC1.Cl. The van der Waals surface area contributed by atoms with Crippen molar-refractivity contribution in [3.8, 4) is 0 Å². The summed E-state index contributed by atoms with van der Waals surface area (Å²) >= 11 is 0. The number of H-pyrrole nitrogens is 1. The number of nitrogens with one attached hydrogen (secondary N) is 3. The van der Waals surface area contributed by atoms with Crippen LogP contribution < -0.4 is 10.6 Å². The highest BCUT2D eigenvalue weighted by molar-refractivity contribution is 5.95. The van der Waals surface area contributed by atoms with Gasteiger partial charge in [0.15, 0.2) is 0 Å². The van der Waals surface area contributed by atoms with Gasteiger partial charge in [-0.2, -0.15) is 0 Å². The summed E-state index contributed by atoms with van der Waals surface area (Å²) < 4.78 is 0. The Morgan fingerprint density at radius 1 is 1.62 bits per heavy atom. The first-order valence-corrected chi connectivity index (χ1v) is 5.40. The van der Waals surface area contributed by atoms with Gasteiger partial charge in [0.1, 0.15) is 0 Å². The summed E-state index contributed by atoms with van der Waals surface area (Å²) in [6.45, 7) is 4.78. The summed E-state index contributed by atoms with van der Waals surface area (Å²) in [7, 11) is 0. The van der Waals surface area contributed by atoms with Crippen LogP contribution in [0.5, 0.6) is 0 Å². The Bertz CT molecular complexity index is 345. The van der Waals surface area contributed by atoms with Crippen LogP contribution in [0.25, 0.3) is 0 Å². The molecule has 1 aromatic rings. The van der Waals surface area contributed by atoms with Gasteiger partial charge in [0.05, 0.1) is 5.56 Å². The van der Waals surface area contributed by atoms with Crippen molar-refractivity contribution in [2.24, 2.45) is 5.92 Å². The van der Waals surface area contributed by atoms with Crippen molar-refractivity contribution in [2.75, 3.05) is 19.6 Å². The number of hydrogen-bond acceptors (Lipinski definition) is 2. The van der Waals surface area contributed by atoms with Gasteiger partial charge >= 0.3 is 0 Å². The molecule has 1 amide bonds. The molecule has 0 aliphatic carbocycles. The number of aromatic nitrogens is 1. The maximum absolute atomic E-state index is 11.7. The molecule has 16 heavy (non-hydrogen) atoms. The third kappa shape index (κ3) is 3.00. The molecule has 1 unspecified atom stereocenters. The fourth-order valence-electron chi connectivity index (χ4n) is 1.92. The first-order valence-electron chi connectivity index (χ1n) is 5.40. The minimum absolute atomic E-state index is 0. The van der Waals surface area contributed by atoms with E-state index in [-0.39, 0.29) is 18.3 Å². The zero-order valence-corrected chi connectivity index (χ0v) is 10.2. The lowest BCUT2D eigenvalue weighted by molar-refractivity contribution is 0.0948. The van der Waals surface area contributed by atoms with Crippen molar-refractivity contribution in [3.63, 3.8) is 0 Å². The van der Waals surface area contributed by atoms with E-state index in [4.69, 9.17) is 0 Å². The average molecular weight is 244 g/mol. The van der Waals surface area contributed by atoms with Crippen molar-refractivity contribution in [1.29, 1.82) is 0 Å². The Balaban J connectivity index is 0.00000128. The Morgan fingerprint density at radius 2 is 2.44 bits per heavy atom. The number of hydrogen-bond donors (Lipinski definition) is 3. The summed E-state index contributed by atoms with van der Waals surface area (Å²) in [5.74, 6) is 0.619. The molecule has 5 heteroatoms. The van der Waals surface area contributed by atoms with Gasteiger partial charge in [-0.15, -0.1) is 12.4 Å². The van der Waals surface area contributed by atoms with Crippen molar-refractivity contribution in [2.45, 2.75) is 13.3 Å². The highest BCUT2D eigenvalue weighted by Crippen LogP contribution is 2.07. The minimum Gasteiger partial charge on any atom is -0.365 e. The predicted molar refractivity (Wildman–Crippen MR) is 66.1 cm³/mol. The predicted octanol–water partition coefficient (Wildman–Crippen LogP) is 1.08. The van der Waals surface area contributed by atoms with Crippen LogP contribution in [0, 0.1) is 12.8 Å². The molecular formula is C11H18ClN3O. The van der Waals surface area contributed by atoms with Crippen molar-refractivity contribution >= 4 is 18.3 Å². The molecular weight excluding hydrogens is 226 g/mol. The number of amides is 1. The van der Waals surface area contributed by atoms with Crippen molar-refractivity contribution < 1.29 is 4.79 Å². The quantitative estimate of drug-likeness (QED) is 0.744. The zero-order chi connectivity index (χ0) is 10.7. The minimum atomic E-state index is 0. The molecule has 3 N–H and O–H groups in total. The number of aromatic amines is 1. The van der Waals surface area contributed by atoms with E-state index in [0.29, 0.717) is 5.92 Å². The van der Waals surface area contributed by atoms with E-state index < -0.39 is 0 Å². The van der Waals surface area contributed by atoms with Gasteiger partial charge in [0.2, 0.25) is 0 Å². The van der Waals surface area contributed by atoms with Gasteiger partial charge in [0.25, 0.3) is 5.91 Å². The lowest BCUT2D eigenvalue weighted by atomic mass is 10.1. The molecule has 90 valence electrons. The molecule has 1 fully saturated rings. The summed E-state index contributed by atoms with van der Waals surface area (Å²) in [6, 6.07) is 1.82. The van der Waals surface area contributed by atoms with Gasteiger partial charge < -0.3 is 15.6 Å². The smallest absolute Gasteiger partial charge is 0.253 e. The van der Waals surface area contributed by atoms with E-state index in [1.54, 1.807) is 6.20 Å². The van der Waals surface area contributed by atoms with E-state index in [2.05, 4.69) is 15.6 Å². The van der Waals surface area contributed by atoms with E-state index in [1.165, 1.54) is 0 Å².